The monoisotopic (exact) mass is 180 g/mol. The summed E-state index contributed by atoms with van der Waals surface area (Å²) < 4.78 is 22.7. The topological polar surface area (TPSA) is 52.2 Å². The van der Waals surface area contributed by atoms with Crippen molar-refractivity contribution in [2.75, 3.05) is 4.72 Å². The van der Waals surface area contributed by atoms with Gasteiger partial charge in [-0.3, -0.25) is 4.21 Å². The molecule has 0 bridgehead atoms. The molecule has 0 saturated carbocycles. The van der Waals surface area contributed by atoms with E-state index in [1.54, 1.807) is 24.3 Å². The Kier molecular flexibility index (Phi) is 2.86. The summed E-state index contributed by atoms with van der Waals surface area (Å²) in [6.07, 6.45) is 5.14. The molecule has 0 aliphatic heterocycles. The summed E-state index contributed by atoms with van der Waals surface area (Å²) in [6, 6.07) is 6.71. The van der Waals surface area contributed by atoms with Crippen LogP contribution in [-0.4, -0.2) is 8.76 Å². The molecule has 0 saturated heterocycles. The predicted octanol–water partition coefficient (Wildman–Crippen LogP) is 0.874. The van der Waals surface area contributed by atoms with Gasteiger partial charge in [-0.15, -0.1) is 6.42 Å². The van der Waals surface area contributed by atoms with Crippen molar-refractivity contribution < 1.29 is 8.76 Å². The highest BCUT2D eigenvalue weighted by Crippen LogP contribution is 2.13. The van der Waals surface area contributed by atoms with Gasteiger partial charge < -0.3 is 9.27 Å². The third-order valence-electron chi connectivity index (χ3n) is 1.28. The van der Waals surface area contributed by atoms with Crippen LogP contribution in [0.15, 0.2) is 24.3 Å². The maximum absolute atomic E-state index is 10.3. The second-order valence-electron chi connectivity index (χ2n) is 2.03. The molecule has 1 aromatic rings. The van der Waals surface area contributed by atoms with Crippen LogP contribution in [0.25, 0.3) is 0 Å². The van der Waals surface area contributed by atoms with E-state index < -0.39 is 11.3 Å². The predicted molar refractivity (Wildman–Crippen MR) is 46.9 cm³/mol. The quantitative estimate of drug-likeness (QED) is 0.542. The third kappa shape index (κ3) is 2.09. The van der Waals surface area contributed by atoms with E-state index in [1.807, 2.05) is 0 Å². The molecule has 1 rings (SSSR count). The number of nitrogens with one attached hydrogen (secondary N) is 1. The van der Waals surface area contributed by atoms with Crippen molar-refractivity contribution in [1.82, 2.24) is 0 Å². The van der Waals surface area contributed by atoms with E-state index in [4.69, 9.17) is 6.42 Å². The van der Waals surface area contributed by atoms with Gasteiger partial charge in [-0.25, -0.2) is 0 Å². The van der Waals surface area contributed by atoms with Crippen LogP contribution in [0.1, 0.15) is 5.56 Å². The fourth-order valence-electron chi connectivity index (χ4n) is 0.788. The summed E-state index contributed by atoms with van der Waals surface area (Å²) in [6.45, 7) is 0. The van der Waals surface area contributed by atoms with Gasteiger partial charge in [0, 0.05) is 16.8 Å². The van der Waals surface area contributed by atoms with Gasteiger partial charge in [0.05, 0.1) is 5.69 Å². The molecule has 12 heavy (non-hydrogen) atoms. The minimum Gasteiger partial charge on any atom is -0.755 e. The highest BCUT2D eigenvalue weighted by Gasteiger charge is 1.95. The van der Waals surface area contributed by atoms with Crippen LogP contribution in [0.3, 0.4) is 0 Å². The normalized spacial score (nSPS) is 11.7. The Morgan fingerprint density at radius 1 is 1.50 bits per heavy atom. The molecule has 0 radical (unpaired) electrons. The van der Waals surface area contributed by atoms with Crippen molar-refractivity contribution in [1.29, 1.82) is 0 Å². The van der Waals surface area contributed by atoms with Crippen LogP contribution in [0.4, 0.5) is 5.69 Å². The highest BCUT2D eigenvalue weighted by molar-refractivity contribution is 7.80. The molecular formula is C8H6NO2S-. The fraction of sp³-hybridized carbons (Fsp3) is 0. The van der Waals surface area contributed by atoms with Crippen LogP contribution < -0.4 is 4.72 Å². The average Bonchev–Trinajstić information content (AvgIpc) is 2.04. The Hall–Kier alpha value is -1.31. The smallest absolute Gasteiger partial charge is 0.0609 e. The first-order chi connectivity index (χ1) is 5.74. The summed E-state index contributed by atoms with van der Waals surface area (Å²) in [7, 11) is 0. The second-order valence-corrected chi connectivity index (χ2v) is 2.70. The van der Waals surface area contributed by atoms with Gasteiger partial charge in [-0.05, 0) is 12.1 Å². The number of para-hydroxylation sites is 1. The van der Waals surface area contributed by atoms with Crippen LogP contribution in [0.5, 0.6) is 0 Å². The van der Waals surface area contributed by atoms with E-state index >= 15 is 0 Å². The summed E-state index contributed by atoms with van der Waals surface area (Å²) >= 11 is -2.32. The molecule has 4 heteroatoms. The van der Waals surface area contributed by atoms with Gasteiger partial charge in [-0.1, -0.05) is 18.1 Å². The molecule has 0 amide bonds. The molecule has 62 valence electrons. The molecule has 1 atom stereocenters. The number of terminal acetylenes is 1. The van der Waals surface area contributed by atoms with Gasteiger partial charge in [0.25, 0.3) is 0 Å². The first-order valence-electron chi connectivity index (χ1n) is 3.15. The molecule has 1 aromatic carbocycles. The van der Waals surface area contributed by atoms with Crippen LogP contribution in [0.2, 0.25) is 0 Å². The lowest BCUT2D eigenvalue weighted by atomic mass is 10.2. The van der Waals surface area contributed by atoms with Crippen molar-refractivity contribution in [3.63, 3.8) is 0 Å². The van der Waals surface area contributed by atoms with Crippen molar-refractivity contribution in [2.24, 2.45) is 0 Å². The van der Waals surface area contributed by atoms with E-state index in [9.17, 15) is 8.76 Å². The zero-order valence-corrected chi connectivity index (χ0v) is 6.93. The number of hydrogen-bond donors (Lipinski definition) is 1. The van der Waals surface area contributed by atoms with Gasteiger partial charge in [0.2, 0.25) is 0 Å². The van der Waals surface area contributed by atoms with Crippen LogP contribution >= 0.6 is 0 Å². The largest absolute Gasteiger partial charge is 0.755 e. The second kappa shape index (κ2) is 3.90. The standard InChI is InChI=1S/C8H7NO2S/c1-2-7-5-3-4-6-8(7)9-12(10)11/h1,3-6,9H,(H,10,11)/p-1. The van der Waals surface area contributed by atoms with Crippen LogP contribution in [0, 0.1) is 12.3 Å². The molecule has 0 heterocycles. The van der Waals surface area contributed by atoms with E-state index in [-0.39, 0.29) is 0 Å². The SMILES string of the molecule is C#Cc1ccccc1NS(=O)[O-]. The van der Waals surface area contributed by atoms with Crippen LogP contribution in [-0.2, 0) is 11.3 Å². The molecular weight excluding hydrogens is 174 g/mol. The lowest BCUT2D eigenvalue weighted by Crippen LogP contribution is -2.03. The van der Waals surface area contributed by atoms with E-state index in [2.05, 4.69) is 10.6 Å². The molecule has 1 N–H and O–H groups in total. The number of hydrogen-bond acceptors (Lipinski definition) is 2. The molecule has 3 nitrogen and oxygen atoms in total. The Morgan fingerprint density at radius 3 is 2.75 bits per heavy atom. The first kappa shape index (κ1) is 8.78. The number of anilines is 1. The maximum Gasteiger partial charge on any atom is 0.0609 e. The van der Waals surface area contributed by atoms with Crippen molar-refractivity contribution in [2.45, 2.75) is 0 Å². The van der Waals surface area contributed by atoms with Gasteiger partial charge >= 0.3 is 0 Å². The Labute approximate surface area is 73.2 Å². The van der Waals surface area contributed by atoms with E-state index in [0.29, 0.717) is 11.3 Å². The Morgan fingerprint density at radius 2 is 2.17 bits per heavy atom. The van der Waals surface area contributed by atoms with Gasteiger partial charge in [0.1, 0.15) is 0 Å². The molecule has 0 aliphatic carbocycles. The summed E-state index contributed by atoms with van der Waals surface area (Å²) in [5.74, 6) is 2.37. The molecule has 0 fully saturated rings. The first-order valence-corrected chi connectivity index (χ1v) is 4.23. The Balaban J connectivity index is 2.99. The molecule has 0 aliphatic rings. The zero-order valence-electron chi connectivity index (χ0n) is 6.11. The van der Waals surface area contributed by atoms with E-state index in [0.717, 1.165) is 0 Å². The van der Waals surface area contributed by atoms with Crippen molar-refractivity contribution >= 4 is 17.0 Å². The van der Waals surface area contributed by atoms with E-state index in [1.165, 1.54) is 0 Å². The maximum atomic E-state index is 10.3. The average molecular weight is 180 g/mol. The van der Waals surface area contributed by atoms with Gasteiger partial charge in [-0.2, -0.15) is 0 Å². The minimum atomic E-state index is -2.32. The lowest BCUT2D eigenvalue weighted by Gasteiger charge is -2.09. The lowest BCUT2D eigenvalue weighted by molar-refractivity contribution is 0.542. The zero-order chi connectivity index (χ0) is 8.97. The summed E-state index contributed by atoms with van der Waals surface area (Å²) in [4.78, 5) is 0. The fourth-order valence-corrected chi connectivity index (χ4v) is 1.15. The molecule has 0 spiro atoms. The summed E-state index contributed by atoms with van der Waals surface area (Å²) in [5, 5.41) is 0. The third-order valence-corrected chi connectivity index (χ3v) is 1.66. The van der Waals surface area contributed by atoms with Gasteiger partial charge in [0.15, 0.2) is 0 Å². The van der Waals surface area contributed by atoms with Crippen molar-refractivity contribution in [3.8, 4) is 12.3 Å². The molecule has 1 unspecified atom stereocenters. The highest BCUT2D eigenvalue weighted by atomic mass is 32.2. The minimum absolute atomic E-state index is 0.424. The van der Waals surface area contributed by atoms with Crippen molar-refractivity contribution in [3.05, 3.63) is 29.8 Å². The summed E-state index contributed by atoms with van der Waals surface area (Å²) in [5.41, 5.74) is 0.954. The Bertz CT molecular complexity index is 343. The number of rotatable bonds is 2. The molecule has 0 aromatic heterocycles. The number of benzene rings is 1.